The van der Waals surface area contributed by atoms with Crippen LogP contribution >= 0.6 is 27.5 Å². The molecule has 2 heterocycles. The molecule has 0 bridgehead atoms. The van der Waals surface area contributed by atoms with E-state index in [0.29, 0.717) is 32.4 Å². The molecule has 1 aromatic heterocycles. The summed E-state index contributed by atoms with van der Waals surface area (Å²) >= 11 is 9.27. The van der Waals surface area contributed by atoms with E-state index in [0.717, 1.165) is 0 Å². The van der Waals surface area contributed by atoms with E-state index in [9.17, 15) is 9.59 Å². The van der Waals surface area contributed by atoms with Crippen LogP contribution in [0, 0.1) is 6.92 Å². The van der Waals surface area contributed by atoms with Crippen LogP contribution in [0.4, 0.5) is 5.69 Å². The number of rotatable bonds is 2. The summed E-state index contributed by atoms with van der Waals surface area (Å²) in [7, 11) is 0. The van der Waals surface area contributed by atoms with Crippen LogP contribution in [0.1, 0.15) is 21.9 Å². The lowest BCUT2D eigenvalue weighted by atomic mass is 10.1. The van der Waals surface area contributed by atoms with Gasteiger partial charge >= 0.3 is 0 Å². The molecular formula is C14H9BrClN3O2. The molecule has 0 saturated carbocycles. The number of hydrogen-bond acceptors (Lipinski definition) is 4. The minimum atomic E-state index is -0.585. The van der Waals surface area contributed by atoms with E-state index < -0.39 is 11.7 Å². The molecule has 3 rings (SSSR count). The highest BCUT2D eigenvalue weighted by molar-refractivity contribution is 9.10. The fourth-order valence-electron chi connectivity index (χ4n) is 2.26. The zero-order valence-electron chi connectivity index (χ0n) is 10.9. The molecule has 1 aliphatic heterocycles. The number of anilines is 1. The van der Waals surface area contributed by atoms with Gasteiger partial charge in [0.25, 0.3) is 11.7 Å². The van der Waals surface area contributed by atoms with Gasteiger partial charge in [0.1, 0.15) is 11.0 Å². The van der Waals surface area contributed by atoms with Crippen molar-refractivity contribution < 1.29 is 9.59 Å². The Labute approximate surface area is 134 Å². The van der Waals surface area contributed by atoms with Crippen molar-refractivity contribution in [1.82, 2.24) is 9.97 Å². The van der Waals surface area contributed by atoms with Gasteiger partial charge in [0.05, 0.1) is 17.8 Å². The van der Waals surface area contributed by atoms with E-state index in [1.165, 1.54) is 4.90 Å². The number of aryl methyl sites for hydroxylation is 1. The number of fused-ring (bicyclic) bond motifs is 1. The van der Waals surface area contributed by atoms with Crippen molar-refractivity contribution in [3.63, 3.8) is 0 Å². The van der Waals surface area contributed by atoms with Crippen molar-refractivity contribution in [3.05, 3.63) is 51.0 Å². The molecule has 0 N–H and O–H groups in total. The van der Waals surface area contributed by atoms with E-state index >= 15 is 0 Å². The average Bonchev–Trinajstić information content (AvgIpc) is 2.64. The maximum absolute atomic E-state index is 12.2. The zero-order chi connectivity index (χ0) is 15.1. The molecule has 0 radical (unpaired) electrons. The first kappa shape index (κ1) is 14.2. The molecule has 106 valence electrons. The zero-order valence-corrected chi connectivity index (χ0v) is 13.3. The topological polar surface area (TPSA) is 63.2 Å². The molecule has 0 fully saturated rings. The van der Waals surface area contributed by atoms with Crippen LogP contribution in [0.2, 0.25) is 5.15 Å². The molecule has 0 spiro atoms. The van der Waals surface area contributed by atoms with Crippen LogP contribution in [-0.4, -0.2) is 21.7 Å². The fourth-order valence-corrected chi connectivity index (χ4v) is 3.10. The number of benzene rings is 1. The number of carbonyl (C=O) groups is 2. The summed E-state index contributed by atoms with van der Waals surface area (Å²) in [4.78, 5) is 33.9. The summed E-state index contributed by atoms with van der Waals surface area (Å²) in [6, 6.07) is 6.76. The molecule has 1 aromatic carbocycles. The highest BCUT2D eigenvalue weighted by Gasteiger charge is 2.37. The van der Waals surface area contributed by atoms with Crippen LogP contribution in [0.5, 0.6) is 0 Å². The van der Waals surface area contributed by atoms with Crippen molar-refractivity contribution in [2.24, 2.45) is 0 Å². The van der Waals surface area contributed by atoms with Crippen molar-refractivity contribution in [1.29, 1.82) is 0 Å². The molecule has 5 nitrogen and oxygen atoms in total. The van der Waals surface area contributed by atoms with Gasteiger partial charge in [0.2, 0.25) is 0 Å². The van der Waals surface area contributed by atoms with Crippen molar-refractivity contribution in [2.45, 2.75) is 13.5 Å². The molecule has 21 heavy (non-hydrogen) atoms. The molecule has 7 heteroatoms. The summed E-state index contributed by atoms with van der Waals surface area (Å²) in [5, 5.41) is 0.308. The molecule has 0 aliphatic carbocycles. The van der Waals surface area contributed by atoms with Gasteiger partial charge in [0, 0.05) is 10.2 Å². The Morgan fingerprint density at radius 2 is 2.05 bits per heavy atom. The Hall–Kier alpha value is -1.79. The summed E-state index contributed by atoms with van der Waals surface area (Å²) in [6.45, 7) is 1.89. The normalized spacial score (nSPS) is 13.8. The smallest absolute Gasteiger partial charge is 0.296 e. The van der Waals surface area contributed by atoms with Crippen LogP contribution in [0.3, 0.4) is 0 Å². The number of amides is 1. The highest BCUT2D eigenvalue weighted by Crippen LogP contribution is 2.36. The minimum absolute atomic E-state index is 0.0988. The number of Topliss-reactive ketones (excluding diaryl/α,β-unsaturated/α-hetero) is 1. The Balaban J connectivity index is 2.04. The molecule has 0 atom stereocenters. The number of para-hydroxylation sites is 1. The van der Waals surface area contributed by atoms with Crippen LogP contribution in [0.25, 0.3) is 0 Å². The maximum atomic E-state index is 12.2. The van der Waals surface area contributed by atoms with E-state index in [1.807, 2.05) is 0 Å². The Morgan fingerprint density at radius 1 is 1.29 bits per heavy atom. The second-order valence-electron chi connectivity index (χ2n) is 4.60. The Morgan fingerprint density at radius 3 is 2.76 bits per heavy atom. The van der Waals surface area contributed by atoms with Crippen LogP contribution in [-0.2, 0) is 11.3 Å². The average molecular weight is 367 g/mol. The first-order chi connectivity index (χ1) is 9.97. The third-order valence-corrected chi connectivity index (χ3v) is 3.94. The molecule has 1 amide bonds. The SMILES string of the molecule is Cc1cc(Cl)nc(CN2C(=O)C(=O)c3cccc(Br)c32)n1. The van der Waals surface area contributed by atoms with Gasteiger partial charge in [-0.05, 0) is 41.1 Å². The van der Waals surface area contributed by atoms with Crippen LogP contribution in [0.15, 0.2) is 28.7 Å². The summed E-state index contributed by atoms with van der Waals surface area (Å²) in [5.74, 6) is -0.715. The van der Waals surface area contributed by atoms with Crippen molar-refractivity contribution in [3.8, 4) is 0 Å². The number of carbonyl (C=O) groups excluding carboxylic acids is 2. The number of ketones is 1. The predicted molar refractivity (Wildman–Crippen MR) is 81.4 cm³/mol. The quantitative estimate of drug-likeness (QED) is 0.605. The maximum Gasteiger partial charge on any atom is 0.299 e. The van der Waals surface area contributed by atoms with Gasteiger partial charge in [-0.3, -0.25) is 14.5 Å². The van der Waals surface area contributed by atoms with Gasteiger partial charge in [-0.25, -0.2) is 9.97 Å². The number of halogens is 2. The van der Waals surface area contributed by atoms with E-state index in [1.54, 1.807) is 31.2 Å². The highest BCUT2D eigenvalue weighted by atomic mass is 79.9. The summed E-state index contributed by atoms with van der Waals surface area (Å²) in [5.41, 5.74) is 1.64. The first-order valence-corrected chi connectivity index (χ1v) is 7.29. The monoisotopic (exact) mass is 365 g/mol. The fraction of sp³-hybridized carbons (Fsp3) is 0.143. The Bertz CT molecular complexity index is 759. The standard InChI is InChI=1S/C14H9BrClN3O2/c1-7-5-10(16)18-11(17-7)6-19-12-8(13(20)14(19)21)3-2-4-9(12)15/h2-5H,6H2,1H3. The van der Waals surface area contributed by atoms with Crippen molar-refractivity contribution in [2.75, 3.05) is 4.90 Å². The van der Waals surface area contributed by atoms with E-state index in [-0.39, 0.29) is 6.54 Å². The minimum Gasteiger partial charge on any atom is -0.296 e. The largest absolute Gasteiger partial charge is 0.299 e. The van der Waals surface area contributed by atoms with Crippen LogP contribution < -0.4 is 4.90 Å². The second kappa shape index (κ2) is 5.20. The lowest BCUT2D eigenvalue weighted by Gasteiger charge is -2.17. The number of nitrogens with zero attached hydrogens (tertiary/aromatic N) is 3. The first-order valence-electron chi connectivity index (χ1n) is 6.12. The lowest BCUT2D eigenvalue weighted by Crippen LogP contribution is -2.30. The summed E-state index contributed by atoms with van der Waals surface area (Å²) in [6.07, 6.45) is 0. The van der Waals surface area contributed by atoms with Crippen molar-refractivity contribution >= 4 is 44.9 Å². The molecule has 1 aliphatic rings. The lowest BCUT2D eigenvalue weighted by molar-refractivity contribution is -0.114. The Kier molecular flexibility index (Phi) is 3.51. The number of aromatic nitrogens is 2. The molecule has 2 aromatic rings. The second-order valence-corrected chi connectivity index (χ2v) is 5.85. The molecule has 0 unspecified atom stereocenters. The number of hydrogen-bond donors (Lipinski definition) is 0. The van der Waals surface area contributed by atoms with Gasteiger partial charge < -0.3 is 0 Å². The van der Waals surface area contributed by atoms with E-state index in [4.69, 9.17) is 11.6 Å². The molecule has 0 saturated heterocycles. The molecular weight excluding hydrogens is 358 g/mol. The van der Waals surface area contributed by atoms with E-state index in [2.05, 4.69) is 25.9 Å². The van der Waals surface area contributed by atoms with Gasteiger partial charge in [0.15, 0.2) is 0 Å². The third kappa shape index (κ3) is 2.45. The van der Waals surface area contributed by atoms with Gasteiger partial charge in [-0.1, -0.05) is 17.7 Å². The van der Waals surface area contributed by atoms with Gasteiger partial charge in [-0.2, -0.15) is 0 Å². The third-order valence-electron chi connectivity index (χ3n) is 3.11. The summed E-state index contributed by atoms with van der Waals surface area (Å²) < 4.78 is 0.679. The predicted octanol–water partition coefficient (Wildman–Crippen LogP) is 2.93. The van der Waals surface area contributed by atoms with Gasteiger partial charge in [-0.15, -0.1) is 0 Å².